The Morgan fingerprint density at radius 3 is 2.24 bits per heavy atom. The molecule has 0 radical (unpaired) electrons. The second-order valence-electron chi connectivity index (χ2n) is 9.88. The highest BCUT2D eigenvalue weighted by molar-refractivity contribution is 7.92. The first kappa shape index (κ1) is 32.1. The highest BCUT2D eigenvalue weighted by atomic mass is 35.5. The molecule has 3 rings (SSSR count). The zero-order chi connectivity index (χ0) is 29.8. The van der Waals surface area contributed by atoms with E-state index in [4.69, 9.17) is 11.6 Å². The van der Waals surface area contributed by atoms with E-state index >= 15 is 0 Å². The van der Waals surface area contributed by atoms with E-state index in [9.17, 15) is 22.4 Å². The van der Waals surface area contributed by atoms with Crippen molar-refractivity contribution in [2.75, 3.05) is 23.7 Å². The van der Waals surface area contributed by atoms with Gasteiger partial charge >= 0.3 is 0 Å². The molecule has 0 bridgehead atoms. The van der Waals surface area contributed by atoms with Crippen LogP contribution in [0.25, 0.3) is 0 Å². The molecular formula is C31H37ClFN3O4S. The first-order valence-electron chi connectivity index (χ1n) is 13.7. The normalized spacial score (nSPS) is 12.0. The van der Waals surface area contributed by atoms with Crippen LogP contribution < -0.4 is 9.62 Å². The Hall–Kier alpha value is -3.43. The van der Waals surface area contributed by atoms with E-state index in [1.54, 1.807) is 42.5 Å². The molecule has 3 aromatic carbocycles. The second-order valence-corrected chi connectivity index (χ2v) is 12.2. The number of benzene rings is 3. The van der Waals surface area contributed by atoms with Crippen LogP contribution in [0.5, 0.6) is 0 Å². The Bertz CT molecular complexity index is 1390. The summed E-state index contributed by atoms with van der Waals surface area (Å²) in [6.45, 7) is 2.43. The minimum Gasteiger partial charge on any atom is -0.354 e. The van der Waals surface area contributed by atoms with Gasteiger partial charge < -0.3 is 10.2 Å². The number of unbranched alkanes of at least 4 members (excludes halogenated alkanes) is 1. The predicted octanol–water partition coefficient (Wildman–Crippen LogP) is 5.58. The zero-order valence-corrected chi connectivity index (χ0v) is 25.0. The summed E-state index contributed by atoms with van der Waals surface area (Å²) in [5.41, 5.74) is 1.59. The number of carbonyl (C=O) groups is 2. The number of carbonyl (C=O) groups excluding carboxylic acids is 2. The summed E-state index contributed by atoms with van der Waals surface area (Å²) in [7, 11) is -3.63. The van der Waals surface area contributed by atoms with Crippen molar-refractivity contribution in [1.82, 2.24) is 10.2 Å². The molecule has 0 spiro atoms. The van der Waals surface area contributed by atoms with Crippen LogP contribution in [0, 0.1) is 5.82 Å². The van der Waals surface area contributed by atoms with Gasteiger partial charge in [0.05, 0.1) is 11.9 Å². The van der Waals surface area contributed by atoms with Crippen molar-refractivity contribution in [2.45, 2.75) is 51.6 Å². The van der Waals surface area contributed by atoms with Gasteiger partial charge in [0, 0.05) is 43.1 Å². The molecule has 0 aliphatic rings. The molecule has 0 saturated heterocycles. The first-order valence-corrected chi connectivity index (χ1v) is 15.9. The van der Waals surface area contributed by atoms with Gasteiger partial charge in [-0.05, 0) is 48.7 Å². The highest BCUT2D eigenvalue weighted by Crippen LogP contribution is 2.22. The molecule has 7 nitrogen and oxygen atoms in total. The molecule has 0 heterocycles. The van der Waals surface area contributed by atoms with Crippen LogP contribution in [0.15, 0.2) is 78.9 Å². The summed E-state index contributed by atoms with van der Waals surface area (Å²) < 4.78 is 41.0. The standard InChI is InChI=1S/C31H37ClFN3O4S/c1-3-4-20-34-31(38)29(22-24-11-6-5-7-12-24)35(23-25-13-8-9-14-28(25)33)30(37)15-10-21-36(41(2,39)40)27-18-16-26(32)17-19-27/h5-9,11-14,16-19,29H,3-4,10,15,20-23H2,1-2H3,(H,34,38). The highest BCUT2D eigenvalue weighted by Gasteiger charge is 2.31. The molecule has 1 N–H and O–H groups in total. The van der Waals surface area contributed by atoms with Crippen LogP contribution in [0.4, 0.5) is 10.1 Å². The van der Waals surface area contributed by atoms with Gasteiger partial charge in [0.15, 0.2) is 0 Å². The van der Waals surface area contributed by atoms with Crippen LogP contribution in [-0.4, -0.2) is 50.5 Å². The zero-order valence-electron chi connectivity index (χ0n) is 23.4. The van der Waals surface area contributed by atoms with Gasteiger partial charge in [-0.3, -0.25) is 13.9 Å². The molecule has 3 aromatic rings. The van der Waals surface area contributed by atoms with E-state index in [0.29, 0.717) is 22.8 Å². The number of amides is 2. The van der Waals surface area contributed by atoms with Crippen molar-refractivity contribution in [3.05, 3.63) is 101 Å². The van der Waals surface area contributed by atoms with Crippen molar-refractivity contribution in [2.24, 2.45) is 0 Å². The van der Waals surface area contributed by atoms with Crippen molar-refractivity contribution in [3.8, 4) is 0 Å². The van der Waals surface area contributed by atoms with Crippen LogP contribution in [-0.2, 0) is 32.6 Å². The van der Waals surface area contributed by atoms with Crippen molar-refractivity contribution in [1.29, 1.82) is 0 Å². The van der Waals surface area contributed by atoms with Gasteiger partial charge in [0.25, 0.3) is 0 Å². The van der Waals surface area contributed by atoms with E-state index < -0.39 is 21.9 Å². The summed E-state index contributed by atoms with van der Waals surface area (Å²) in [5.74, 6) is -1.16. The SMILES string of the molecule is CCCCNC(=O)C(Cc1ccccc1)N(Cc1ccccc1F)C(=O)CCCN(c1ccc(Cl)cc1)S(C)(=O)=O. The van der Waals surface area contributed by atoms with E-state index in [2.05, 4.69) is 5.32 Å². The number of rotatable bonds is 15. The number of hydrogen-bond donors (Lipinski definition) is 1. The van der Waals surface area contributed by atoms with Crippen LogP contribution in [0.1, 0.15) is 43.7 Å². The molecule has 1 atom stereocenters. The summed E-state index contributed by atoms with van der Waals surface area (Å²) >= 11 is 5.96. The molecule has 0 aromatic heterocycles. The fraction of sp³-hybridized carbons (Fsp3) is 0.355. The maximum Gasteiger partial charge on any atom is 0.243 e. The molecular weight excluding hydrogens is 565 g/mol. The van der Waals surface area contributed by atoms with Gasteiger partial charge in [-0.2, -0.15) is 0 Å². The summed E-state index contributed by atoms with van der Waals surface area (Å²) in [4.78, 5) is 28.7. The number of anilines is 1. The van der Waals surface area contributed by atoms with Gasteiger partial charge in [-0.1, -0.05) is 73.5 Å². The molecule has 1 unspecified atom stereocenters. The summed E-state index contributed by atoms with van der Waals surface area (Å²) in [5, 5.41) is 3.41. The maximum absolute atomic E-state index is 14.7. The van der Waals surface area contributed by atoms with Gasteiger partial charge in [-0.25, -0.2) is 12.8 Å². The van der Waals surface area contributed by atoms with E-state index in [0.717, 1.165) is 24.7 Å². The van der Waals surface area contributed by atoms with E-state index in [-0.39, 0.29) is 44.2 Å². The molecule has 0 aliphatic heterocycles. The molecule has 0 aliphatic carbocycles. The molecule has 0 saturated carbocycles. The Balaban J connectivity index is 1.87. The maximum atomic E-state index is 14.7. The molecule has 10 heteroatoms. The Morgan fingerprint density at radius 1 is 0.951 bits per heavy atom. The van der Waals surface area contributed by atoms with Gasteiger partial charge in [0.2, 0.25) is 21.8 Å². The van der Waals surface area contributed by atoms with Crippen molar-refractivity contribution >= 4 is 39.1 Å². The fourth-order valence-electron chi connectivity index (χ4n) is 4.48. The second kappa shape index (κ2) is 15.5. The molecule has 220 valence electrons. The lowest BCUT2D eigenvalue weighted by Crippen LogP contribution is -2.50. The minimum atomic E-state index is -3.63. The third-order valence-electron chi connectivity index (χ3n) is 6.67. The third kappa shape index (κ3) is 9.86. The average molecular weight is 602 g/mol. The smallest absolute Gasteiger partial charge is 0.243 e. The predicted molar refractivity (Wildman–Crippen MR) is 162 cm³/mol. The molecule has 0 fully saturated rings. The Labute approximate surface area is 247 Å². The van der Waals surface area contributed by atoms with E-state index in [1.807, 2.05) is 37.3 Å². The molecule has 41 heavy (non-hydrogen) atoms. The van der Waals surface area contributed by atoms with Crippen molar-refractivity contribution in [3.63, 3.8) is 0 Å². The first-order chi connectivity index (χ1) is 19.6. The quantitative estimate of drug-likeness (QED) is 0.230. The van der Waals surface area contributed by atoms with Crippen molar-refractivity contribution < 1.29 is 22.4 Å². The monoisotopic (exact) mass is 601 g/mol. The third-order valence-corrected chi connectivity index (χ3v) is 8.11. The lowest BCUT2D eigenvalue weighted by molar-refractivity contribution is -0.141. The summed E-state index contributed by atoms with van der Waals surface area (Å²) in [6.07, 6.45) is 3.19. The number of hydrogen-bond acceptors (Lipinski definition) is 4. The minimum absolute atomic E-state index is 0.0401. The largest absolute Gasteiger partial charge is 0.354 e. The van der Waals surface area contributed by atoms with Gasteiger partial charge in [0.1, 0.15) is 11.9 Å². The number of halogens is 2. The number of sulfonamides is 1. The van der Waals surface area contributed by atoms with Crippen LogP contribution in [0.3, 0.4) is 0 Å². The Kier molecular flexibility index (Phi) is 12.2. The lowest BCUT2D eigenvalue weighted by Gasteiger charge is -2.32. The Morgan fingerprint density at radius 2 is 1.61 bits per heavy atom. The average Bonchev–Trinajstić information content (AvgIpc) is 2.94. The number of nitrogens with one attached hydrogen (secondary N) is 1. The topological polar surface area (TPSA) is 86.8 Å². The van der Waals surface area contributed by atoms with Gasteiger partial charge in [-0.15, -0.1) is 0 Å². The lowest BCUT2D eigenvalue weighted by atomic mass is 10.0. The summed E-state index contributed by atoms with van der Waals surface area (Å²) in [6, 6.07) is 21.1. The number of nitrogens with zero attached hydrogens (tertiary/aromatic N) is 2. The van der Waals surface area contributed by atoms with Crippen LogP contribution in [0.2, 0.25) is 5.02 Å². The molecule has 2 amide bonds. The van der Waals surface area contributed by atoms with E-state index in [1.165, 1.54) is 15.3 Å². The fourth-order valence-corrected chi connectivity index (χ4v) is 5.57. The van der Waals surface area contributed by atoms with Crippen LogP contribution >= 0.6 is 11.6 Å².